The van der Waals surface area contributed by atoms with Crippen molar-refractivity contribution in [2.45, 2.75) is 64.5 Å². The van der Waals surface area contributed by atoms with Gasteiger partial charge in [-0.1, -0.05) is 238 Å². The number of para-hydroxylation sites is 6. The van der Waals surface area contributed by atoms with Crippen LogP contribution in [0.2, 0.25) is 0 Å². The summed E-state index contributed by atoms with van der Waals surface area (Å²) in [7, 11) is -7.14. The molecule has 0 bridgehead atoms. The molecule has 0 fully saturated rings. The van der Waals surface area contributed by atoms with Gasteiger partial charge in [-0.2, -0.15) is 0 Å². The number of rotatable bonds is 9. The normalized spacial score (nSPS) is 14.4. The number of halogens is 1. The Balaban J connectivity index is 0.000000133. The lowest BCUT2D eigenvalue weighted by atomic mass is 9.69. The summed E-state index contributed by atoms with van der Waals surface area (Å²) in [5, 5.41) is 0. The molecule has 14 aromatic carbocycles. The number of fused-ring (bicyclic) bond motifs is 10. The van der Waals surface area contributed by atoms with Crippen molar-refractivity contribution in [2.75, 3.05) is 14.7 Å². The van der Waals surface area contributed by atoms with E-state index in [-0.39, 0.29) is 10.8 Å². The molecular weight excluding hydrogens is 1340 g/mol. The van der Waals surface area contributed by atoms with Crippen LogP contribution in [0.3, 0.4) is 0 Å². The highest BCUT2D eigenvalue weighted by Crippen LogP contribution is 2.55. The second-order valence-corrected chi connectivity index (χ2v) is 31.7. The third kappa shape index (κ3) is 11.6. The van der Waals surface area contributed by atoms with Crippen molar-refractivity contribution in [3.05, 3.63) is 378 Å². The van der Waals surface area contributed by atoms with Crippen LogP contribution in [-0.4, -0.2) is 16.8 Å². The lowest BCUT2D eigenvalue weighted by molar-refractivity contribution is 0.597. The highest BCUT2D eigenvalue weighted by molar-refractivity contribution is 9.10. The molecule has 0 radical (unpaired) electrons. The van der Waals surface area contributed by atoms with Gasteiger partial charge in [-0.15, -0.1) is 0 Å². The summed E-state index contributed by atoms with van der Waals surface area (Å²) in [6.07, 6.45) is 1.08. The fourth-order valence-corrected chi connectivity index (χ4v) is 18.9. The van der Waals surface area contributed by atoms with E-state index in [0.717, 1.165) is 107 Å². The fraction of sp³-hybridized carbons (Fsp3) is 0.0769. The van der Waals surface area contributed by atoms with E-state index < -0.39 is 19.7 Å². The van der Waals surface area contributed by atoms with Crippen molar-refractivity contribution in [1.82, 2.24) is 0 Å². The third-order valence-corrected chi connectivity index (χ3v) is 24.5. The zero-order chi connectivity index (χ0) is 69.2. The van der Waals surface area contributed by atoms with Crippen molar-refractivity contribution >= 4 is 86.8 Å². The van der Waals surface area contributed by atoms with Gasteiger partial charge in [-0.3, -0.25) is 0 Å². The molecular formula is C91H70BrN3O4S2. The van der Waals surface area contributed by atoms with Crippen molar-refractivity contribution < 1.29 is 16.8 Å². The Labute approximate surface area is 600 Å². The van der Waals surface area contributed by atoms with Gasteiger partial charge in [0.05, 0.1) is 31.0 Å². The van der Waals surface area contributed by atoms with E-state index in [1.807, 2.05) is 109 Å². The van der Waals surface area contributed by atoms with Gasteiger partial charge in [0.15, 0.2) is 0 Å². The molecule has 0 unspecified atom stereocenters. The Morgan fingerprint density at radius 2 is 0.594 bits per heavy atom. The van der Waals surface area contributed by atoms with Gasteiger partial charge >= 0.3 is 0 Å². The van der Waals surface area contributed by atoms with E-state index in [9.17, 15) is 16.8 Å². The van der Waals surface area contributed by atoms with E-state index in [1.165, 1.54) is 33.4 Å². The summed E-state index contributed by atoms with van der Waals surface area (Å²) in [5.41, 5.74) is 24.8. The monoisotopic (exact) mass is 1410 g/mol. The molecule has 14 aromatic rings. The third-order valence-electron chi connectivity index (χ3n) is 20.2. The van der Waals surface area contributed by atoms with Gasteiger partial charge in [0.1, 0.15) is 0 Å². The van der Waals surface area contributed by atoms with Gasteiger partial charge in [-0.25, -0.2) is 16.8 Å². The first-order valence-corrected chi connectivity index (χ1v) is 37.7. The van der Waals surface area contributed by atoms with Gasteiger partial charge in [0.25, 0.3) is 0 Å². The standard InChI is InChI=1S/C45H34N2O2S.C30H20BrNO2S.C16H16/c1-45(2)39-17-9-11-19-41(39)47(42-20-12-10-18-40(42)45)36-26-28-44-38(30-36)37-29-32(23-27-43(37)50(44,48)49)31-21-24-35(25-22-31)46(33-13-5-3-6-14-33)34-15-7-4-8-16-34;31-23-14-18-30-28(20-23)27-19-22(13-17-29(27)35(30,33)34)21-11-15-26(16-12-21)32(24-7-3-1-4-8-24)25-9-5-2-6-10-25;1-16(2)14-9-5-3-7-12(14)11-13-8-4-6-10-15(13)16/h3-30H,1-2H3;1-20H;3-10H,11H2,1-2H3. The predicted molar refractivity (Wildman–Crippen MR) is 417 cm³/mol. The molecule has 4 aliphatic rings. The highest BCUT2D eigenvalue weighted by atomic mass is 79.9. The molecule has 492 valence electrons. The smallest absolute Gasteiger partial charge is 0.207 e. The summed E-state index contributed by atoms with van der Waals surface area (Å²) in [5.74, 6) is 0. The lowest BCUT2D eigenvalue weighted by Gasteiger charge is -2.42. The molecule has 1 aliphatic carbocycles. The molecule has 0 amide bonds. The topological polar surface area (TPSA) is 78.0 Å². The first kappa shape index (κ1) is 64.5. The number of anilines is 9. The Bertz CT molecular complexity index is 5560. The average molecular weight is 1410 g/mol. The first-order valence-electron chi connectivity index (χ1n) is 33.9. The van der Waals surface area contributed by atoms with Crippen LogP contribution in [0.5, 0.6) is 0 Å². The van der Waals surface area contributed by atoms with Gasteiger partial charge in [-0.05, 0) is 208 Å². The SMILES string of the molecule is CC1(C)c2ccccc2Cc2ccccc21.CC1(C)c2ccccc2N(c2ccc3c(c2)-c2cc(-c4ccc(N(c5ccccc5)c5ccccc5)cc4)ccc2S3(=O)=O)c2ccccc21.O=S1(=O)c2ccc(Br)cc2-c2cc(-c3ccc(N(c4ccccc4)c4ccccc4)cc3)ccc21. The zero-order valence-electron chi connectivity index (χ0n) is 56.2. The van der Waals surface area contributed by atoms with E-state index in [2.05, 4.69) is 259 Å². The molecule has 10 heteroatoms. The molecule has 7 nitrogen and oxygen atoms in total. The quantitative estimate of drug-likeness (QED) is 0.142. The Hall–Kier alpha value is -11.1. The van der Waals surface area contributed by atoms with Crippen LogP contribution in [0, 0.1) is 0 Å². The van der Waals surface area contributed by atoms with Crippen molar-refractivity contribution in [3.8, 4) is 44.5 Å². The Kier molecular flexibility index (Phi) is 16.5. The fourth-order valence-electron chi connectivity index (χ4n) is 15.3. The Morgan fingerprint density at radius 1 is 0.297 bits per heavy atom. The van der Waals surface area contributed by atoms with E-state index in [4.69, 9.17) is 0 Å². The minimum absolute atomic E-state index is 0.144. The Morgan fingerprint density at radius 3 is 1.00 bits per heavy atom. The maximum atomic E-state index is 13.9. The molecule has 3 aliphatic heterocycles. The summed E-state index contributed by atoms with van der Waals surface area (Å²) in [4.78, 5) is 8.15. The van der Waals surface area contributed by atoms with Gasteiger partial charge in [0.2, 0.25) is 19.7 Å². The van der Waals surface area contributed by atoms with Crippen molar-refractivity contribution in [1.29, 1.82) is 0 Å². The van der Waals surface area contributed by atoms with Crippen LogP contribution in [-0.2, 0) is 36.9 Å². The minimum Gasteiger partial charge on any atom is -0.311 e. The minimum atomic E-state index is -3.66. The summed E-state index contributed by atoms with van der Waals surface area (Å²) < 4.78 is 54.6. The van der Waals surface area contributed by atoms with Crippen LogP contribution in [0.15, 0.2) is 364 Å². The van der Waals surface area contributed by atoms with Crippen molar-refractivity contribution in [2.24, 2.45) is 0 Å². The van der Waals surface area contributed by atoms with Crippen LogP contribution in [0.25, 0.3) is 44.5 Å². The molecule has 0 N–H and O–H groups in total. The number of benzene rings is 14. The lowest BCUT2D eigenvalue weighted by Crippen LogP contribution is -2.30. The molecule has 0 aromatic heterocycles. The highest BCUT2D eigenvalue weighted by Gasteiger charge is 2.39. The molecule has 0 saturated heterocycles. The van der Waals surface area contributed by atoms with Crippen LogP contribution in [0.1, 0.15) is 61.1 Å². The molecule has 3 heterocycles. The van der Waals surface area contributed by atoms with E-state index in [1.54, 1.807) is 30.3 Å². The van der Waals surface area contributed by atoms with Gasteiger partial charge < -0.3 is 14.7 Å². The maximum Gasteiger partial charge on any atom is 0.207 e. The largest absolute Gasteiger partial charge is 0.311 e. The van der Waals surface area contributed by atoms with Crippen LogP contribution < -0.4 is 14.7 Å². The van der Waals surface area contributed by atoms with Crippen LogP contribution in [0.4, 0.5) is 51.2 Å². The van der Waals surface area contributed by atoms with Crippen molar-refractivity contribution in [3.63, 3.8) is 0 Å². The second kappa shape index (κ2) is 25.9. The van der Waals surface area contributed by atoms with Crippen LogP contribution >= 0.6 is 15.9 Å². The van der Waals surface area contributed by atoms with Gasteiger partial charge in [0, 0.05) is 77.4 Å². The molecule has 0 saturated carbocycles. The maximum absolute atomic E-state index is 13.9. The second-order valence-electron chi connectivity index (χ2n) is 27.0. The molecule has 0 atom stereocenters. The zero-order valence-corrected chi connectivity index (χ0v) is 59.4. The van der Waals surface area contributed by atoms with E-state index >= 15 is 0 Å². The predicted octanol–water partition coefficient (Wildman–Crippen LogP) is 24.1. The molecule has 18 rings (SSSR count). The summed E-state index contributed by atoms with van der Waals surface area (Å²) in [6, 6.07) is 115. The number of hydrogen-bond donors (Lipinski definition) is 0. The average Bonchev–Trinajstić information content (AvgIpc) is 1.18. The molecule has 101 heavy (non-hydrogen) atoms. The number of sulfone groups is 2. The summed E-state index contributed by atoms with van der Waals surface area (Å²) in [6.45, 7) is 9.18. The summed E-state index contributed by atoms with van der Waals surface area (Å²) >= 11 is 3.48. The number of hydrogen-bond acceptors (Lipinski definition) is 7. The number of nitrogens with zero attached hydrogens (tertiary/aromatic N) is 3. The molecule has 0 spiro atoms. The first-order chi connectivity index (χ1) is 49.0. The van der Waals surface area contributed by atoms with E-state index in [0.29, 0.717) is 19.6 Å².